The van der Waals surface area contributed by atoms with Crippen molar-refractivity contribution in [3.63, 3.8) is 0 Å². The fraction of sp³-hybridized carbons (Fsp3) is 0.111. The van der Waals surface area contributed by atoms with Gasteiger partial charge in [0.05, 0.1) is 15.9 Å². The summed E-state index contributed by atoms with van der Waals surface area (Å²) in [6.45, 7) is 0.212. The Labute approximate surface area is 227 Å². The Hall–Kier alpha value is -2.91. The first-order valence-corrected chi connectivity index (χ1v) is 13.8. The molecule has 0 aliphatic carbocycles. The molecule has 1 amide bonds. The van der Waals surface area contributed by atoms with Gasteiger partial charge in [-0.05, 0) is 41.5 Å². The van der Waals surface area contributed by atoms with Crippen LogP contribution in [0.2, 0.25) is 5.02 Å². The van der Waals surface area contributed by atoms with Gasteiger partial charge in [-0.15, -0.1) is 0 Å². The van der Waals surface area contributed by atoms with Gasteiger partial charge in [0, 0.05) is 23.7 Å². The van der Waals surface area contributed by atoms with Crippen molar-refractivity contribution in [2.24, 2.45) is 0 Å². The lowest BCUT2D eigenvalue weighted by atomic mass is 10.2. The van der Waals surface area contributed by atoms with E-state index in [1.54, 1.807) is 4.57 Å². The fourth-order valence-electron chi connectivity index (χ4n) is 3.78. The molecular weight excluding hydrogens is 530 g/mol. The molecule has 1 aliphatic heterocycles. The number of hydrogen-bond acceptors (Lipinski definition) is 6. The summed E-state index contributed by atoms with van der Waals surface area (Å²) < 4.78 is 2.11. The number of benzene rings is 3. The molecule has 3 aromatic carbocycles. The second-order valence-corrected chi connectivity index (χ2v) is 11.1. The zero-order valence-electron chi connectivity index (χ0n) is 19.0. The van der Waals surface area contributed by atoms with Crippen LogP contribution in [0, 0.1) is 0 Å². The SMILES string of the molecule is O=C1/C(=C/c2ccccc2)SC(=S)N1CCC(=O)n1c(SCc2ccc(Cl)cc2)nc2ccccc21. The molecule has 1 aromatic heterocycles. The van der Waals surface area contributed by atoms with Gasteiger partial charge in [0.1, 0.15) is 4.32 Å². The molecule has 0 bridgehead atoms. The summed E-state index contributed by atoms with van der Waals surface area (Å²) in [6.07, 6.45) is 1.95. The molecule has 0 unspecified atom stereocenters. The average Bonchev–Trinajstić information content (AvgIpc) is 3.39. The number of para-hydroxylation sites is 2. The van der Waals surface area contributed by atoms with E-state index < -0.39 is 0 Å². The quantitative estimate of drug-likeness (QED) is 0.142. The van der Waals surface area contributed by atoms with E-state index in [1.807, 2.05) is 84.9 Å². The molecule has 0 N–H and O–H groups in total. The first kappa shape index (κ1) is 24.8. The Morgan fingerprint density at radius 3 is 2.53 bits per heavy atom. The average molecular weight is 550 g/mol. The molecule has 0 spiro atoms. The summed E-state index contributed by atoms with van der Waals surface area (Å²) in [5.74, 6) is 0.338. The number of rotatable bonds is 7. The summed E-state index contributed by atoms with van der Waals surface area (Å²) >= 11 is 14.2. The number of imidazole rings is 1. The Morgan fingerprint density at radius 2 is 1.75 bits per heavy atom. The normalized spacial score (nSPS) is 14.8. The van der Waals surface area contributed by atoms with Gasteiger partial charge >= 0.3 is 0 Å². The lowest BCUT2D eigenvalue weighted by Crippen LogP contribution is -2.31. The van der Waals surface area contributed by atoms with E-state index in [0.717, 1.165) is 22.2 Å². The molecule has 1 aliphatic rings. The van der Waals surface area contributed by atoms with Crippen LogP contribution in [0.15, 0.2) is 88.9 Å². The van der Waals surface area contributed by atoms with Crippen LogP contribution < -0.4 is 0 Å². The maximum atomic E-state index is 13.4. The highest BCUT2D eigenvalue weighted by atomic mass is 35.5. The largest absolute Gasteiger partial charge is 0.292 e. The van der Waals surface area contributed by atoms with E-state index in [0.29, 0.717) is 25.2 Å². The molecule has 1 saturated heterocycles. The molecule has 2 heterocycles. The van der Waals surface area contributed by atoms with Gasteiger partial charge in [-0.3, -0.25) is 19.1 Å². The van der Waals surface area contributed by atoms with Crippen molar-refractivity contribution in [3.05, 3.63) is 99.9 Å². The van der Waals surface area contributed by atoms with Crippen LogP contribution in [0.3, 0.4) is 0 Å². The molecule has 36 heavy (non-hydrogen) atoms. The minimum atomic E-state index is -0.172. The third kappa shape index (κ3) is 5.42. The number of aromatic nitrogens is 2. The van der Waals surface area contributed by atoms with Crippen molar-refractivity contribution in [2.45, 2.75) is 17.3 Å². The number of halogens is 1. The lowest BCUT2D eigenvalue weighted by Gasteiger charge is -2.15. The standard InChI is InChI=1S/C27H20ClN3O2S3/c28-20-12-10-19(11-13-20)17-35-26-29-21-8-4-5-9-22(21)31(26)24(32)14-15-30-25(33)23(36-27(30)34)16-18-6-2-1-3-7-18/h1-13,16H,14-15,17H2/b23-16-. The third-order valence-corrected chi connectivity index (χ3v) is 8.22. The van der Waals surface area contributed by atoms with Crippen LogP contribution in [-0.4, -0.2) is 37.1 Å². The number of thioether (sulfide) groups is 2. The Morgan fingerprint density at radius 1 is 1.03 bits per heavy atom. The lowest BCUT2D eigenvalue weighted by molar-refractivity contribution is -0.122. The Bertz CT molecular complexity index is 1480. The Balaban J connectivity index is 1.32. The highest BCUT2D eigenvalue weighted by Gasteiger charge is 2.32. The van der Waals surface area contributed by atoms with Crippen molar-refractivity contribution in [3.8, 4) is 0 Å². The first-order chi connectivity index (χ1) is 17.5. The fourth-order valence-corrected chi connectivity index (χ4v) is 6.20. The van der Waals surface area contributed by atoms with Gasteiger partial charge in [-0.25, -0.2) is 4.98 Å². The predicted octanol–water partition coefficient (Wildman–Crippen LogP) is 6.91. The predicted molar refractivity (Wildman–Crippen MR) is 152 cm³/mol. The molecule has 9 heteroatoms. The van der Waals surface area contributed by atoms with Gasteiger partial charge in [0.25, 0.3) is 5.91 Å². The third-order valence-electron chi connectivity index (χ3n) is 5.58. The number of hydrogen-bond donors (Lipinski definition) is 0. The zero-order chi connectivity index (χ0) is 25.1. The van der Waals surface area contributed by atoms with Crippen LogP contribution in [0.5, 0.6) is 0 Å². The molecule has 1 fully saturated rings. The number of amides is 1. The van der Waals surface area contributed by atoms with Gasteiger partial charge in [-0.2, -0.15) is 0 Å². The maximum Gasteiger partial charge on any atom is 0.266 e. The van der Waals surface area contributed by atoms with E-state index in [-0.39, 0.29) is 24.8 Å². The summed E-state index contributed by atoms with van der Waals surface area (Å²) in [6, 6.07) is 24.8. The topological polar surface area (TPSA) is 55.2 Å². The van der Waals surface area contributed by atoms with Crippen molar-refractivity contribution < 1.29 is 9.59 Å². The minimum Gasteiger partial charge on any atom is -0.292 e. The van der Waals surface area contributed by atoms with Crippen molar-refractivity contribution in [1.82, 2.24) is 14.5 Å². The van der Waals surface area contributed by atoms with E-state index in [2.05, 4.69) is 0 Å². The van der Waals surface area contributed by atoms with Crippen LogP contribution >= 0.6 is 47.3 Å². The highest BCUT2D eigenvalue weighted by Crippen LogP contribution is 2.33. The maximum absolute atomic E-state index is 13.4. The van der Waals surface area contributed by atoms with Crippen LogP contribution in [0.4, 0.5) is 0 Å². The molecule has 4 aromatic rings. The highest BCUT2D eigenvalue weighted by molar-refractivity contribution is 8.26. The van der Waals surface area contributed by atoms with Crippen LogP contribution in [0.1, 0.15) is 22.3 Å². The summed E-state index contributed by atoms with van der Waals surface area (Å²) in [5.41, 5.74) is 3.51. The van der Waals surface area contributed by atoms with Crippen molar-refractivity contribution in [1.29, 1.82) is 0 Å². The second kappa shape index (κ2) is 11.0. The van der Waals surface area contributed by atoms with E-state index in [1.165, 1.54) is 28.4 Å². The second-order valence-electron chi connectivity index (χ2n) is 8.02. The first-order valence-electron chi connectivity index (χ1n) is 11.2. The van der Waals surface area contributed by atoms with Crippen LogP contribution in [-0.2, 0) is 10.5 Å². The summed E-state index contributed by atoms with van der Waals surface area (Å²) in [4.78, 5) is 33.2. The molecule has 5 nitrogen and oxygen atoms in total. The molecule has 0 radical (unpaired) electrons. The van der Waals surface area contributed by atoms with Crippen molar-refractivity contribution in [2.75, 3.05) is 6.54 Å². The number of thiocarbonyl (C=S) groups is 1. The number of carbonyl (C=O) groups is 2. The number of nitrogens with zero attached hydrogens (tertiary/aromatic N) is 3. The van der Waals surface area contributed by atoms with Gasteiger partial charge < -0.3 is 0 Å². The molecule has 0 saturated carbocycles. The molecular formula is C27H20ClN3O2S3. The van der Waals surface area contributed by atoms with E-state index >= 15 is 0 Å². The zero-order valence-corrected chi connectivity index (χ0v) is 22.2. The Kier molecular flexibility index (Phi) is 7.57. The monoisotopic (exact) mass is 549 g/mol. The molecule has 5 rings (SSSR count). The minimum absolute atomic E-state index is 0.125. The number of fused-ring (bicyclic) bond motifs is 1. The molecule has 180 valence electrons. The summed E-state index contributed by atoms with van der Waals surface area (Å²) in [7, 11) is 0. The van der Waals surface area contributed by atoms with E-state index in [4.69, 9.17) is 28.8 Å². The molecule has 0 atom stereocenters. The summed E-state index contributed by atoms with van der Waals surface area (Å²) in [5, 5.41) is 1.30. The smallest absolute Gasteiger partial charge is 0.266 e. The van der Waals surface area contributed by atoms with E-state index in [9.17, 15) is 9.59 Å². The van der Waals surface area contributed by atoms with Gasteiger partial charge in [-0.1, -0.05) is 102 Å². The van der Waals surface area contributed by atoms with Gasteiger partial charge in [0.15, 0.2) is 5.16 Å². The van der Waals surface area contributed by atoms with Gasteiger partial charge in [0.2, 0.25) is 5.91 Å². The van der Waals surface area contributed by atoms with Crippen molar-refractivity contribution >= 4 is 80.6 Å². The van der Waals surface area contributed by atoms with Crippen LogP contribution in [0.25, 0.3) is 17.1 Å². The number of carbonyl (C=O) groups excluding carboxylic acids is 2.